The molecule has 1 heterocycles. The summed E-state index contributed by atoms with van der Waals surface area (Å²) in [4.78, 5) is 40.6. The topological polar surface area (TPSA) is 85.5 Å². The summed E-state index contributed by atoms with van der Waals surface area (Å²) in [5.41, 5.74) is 3.86. The first-order valence-electron chi connectivity index (χ1n) is 8.86. The van der Waals surface area contributed by atoms with E-state index >= 15 is 0 Å². The number of aryl methyl sites for hydroxylation is 3. The van der Waals surface area contributed by atoms with Crippen LogP contribution in [0.1, 0.15) is 50.2 Å². The normalized spacial score (nSPS) is 11.8. The fraction of sp³-hybridized carbons (Fsp3) is 0.381. The van der Waals surface area contributed by atoms with E-state index in [-0.39, 0.29) is 17.2 Å². The molecule has 1 atom stereocenters. The van der Waals surface area contributed by atoms with E-state index in [9.17, 15) is 14.4 Å². The monoisotopic (exact) mass is 403 g/mol. The lowest BCUT2D eigenvalue weighted by Gasteiger charge is -2.12. The van der Waals surface area contributed by atoms with Crippen molar-refractivity contribution in [1.82, 2.24) is 4.98 Å². The number of ketones is 1. The van der Waals surface area contributed by atoms with Gasteiger partial charge in [0.15, 0.2) is 6.10 Å². The summed E-state index contributed by atoms with van der Waals surface area (Å²) in [7, 11) is 1.29. The summed E-state index contributed by atoms with van der Waals surface area (Å²) in [6, 6.07) is 6.01. The second-order valence-electron chi connectivity index (χ2n) is 6.67. The third-order valence-electron chi connectivity index (χ3n) is 4.43. The number of aromatic nitrogens is 1. The lowest BCUT2D eigenvalue weighted by atomic mass is 10.1. The maximum absolute atomic E-state index is 12.7. The fourth-order valence-corrected chi connectivity index (χ4v) is 3.78. The molecular weight excluding hydrogens is 378 g/mol. The van der Waals surface area contributed by atoms with E-state index in [2.05, 4.69) is 11.1 Å². The molecule has 0 aliphatic rings. The Morgan fingerprint density at radius 3 is 2.43 bits per heavy atom. The molecule has 1 aromatic carbocycles. The number of esters is 2. The molecule has 7 heteroatoms. The number of nitrogens with one attached hydrogen (secondary N) is 1. The zero-order valence-electron chi connectivity index (χ0n) is 17.0. The Hall–Kier alpha value is -2.54. The van der Waals surface area contributed by atoms with Crippen molar-refractivity contribution in [1.29, 1.82) is 0 Å². The van der Waals surface area contributed by atoms with Crippen molar-refractivity contribution in [2.75, 3.05) is 12.9 Å². The van der Waals surface area contributed by atoms with Crippen LogP contribution in [0.4, 0.5) is 0 Å². The Morgan fingerprint density at radius 1 is 1.14 bits per heavy atom. The predicted octanol–water partition coefficient (Wildman–Crippen LogP) is 3.94. The van der Waals surface area contributed by atoms with Gasteiger partial charge in [-0.05, 0) is 51.8 Å². The molecule has 0 fully saturated rings. The molecule has 0 aliphatic heterocycles. The number of hydrogen-bond acceptors (Lipinski definition) is 6. The SMILES string of the molecule is COC(=O)c1c(C)[nH]c(C(=O)[C@@H](C)OC(=O)CSc2ccc(C)cc2C)c1C. The molecular formula is C21H25NO5S. The number of Topliss-reactive ketones (excluding diaryl/α,β-unsaturated/α-hetero) is 1. The predicted molar refractivity (Wildman–Crippen MR) is 108 cm³/mol. The highest BCUT2D eigenvalue weighted by molar-refractivity contribution is 8.00. The number of aromatic amines is 1. The van der Waals surface area contributed by atoms with Gasteiger partial charge in [-0.1, -0.05) is 17.7 Å². The molecule has 0 bridgehead atoms. The Labute approximate surface area is 169 Å². The number of rotatable bonds is 7. The molecule has 1 N–H and O–H groups in total. The molecule has 0 spiro atoms. The zero-order chi connectivity index (χ0) is 21.0. The Morgan fingerprint density at radius 2 is 1.82 bits per heavy atom. The van der Waals surface area contributed by atoms with Gasteiger partial charge in [-0.25, -0.2) is 4.79 Å². The third-order valence-corrected chi connectivity index (χ3v) is 5.58. The number of ether oxygens (including phenoxy) is 2. The van der Waals surface area contributed by atoms with Gasteiger partial charge in [0.25, 0.3) is 0 Å². The number of thioether (sulfide) groups is 1. The molecule has 0 radical (unpaired) electrons. The van der Waals surface area contributed by atoms with Crippen molar-refractivity contribution in [2.45, 2.75) is 45.6 Å². The number of hydrogen-bond donors (Lipinski definition) is 1. The van der Waals surface area contributed by atoms with E-state index in [0.29, 0.717) is 16.8 Å². The van der Waals surface area contributed by atoms with Gasteiger partial charge in [-0.15, -0.1) is 11.8 Å². The lowest BCUT2D eigenvalue weighted by Crippen LogP contribution is -2.26. The highest BCUT2D eigenvalue weighted by atomic mass is 32.2. The van der Waals surface area contributed by atoms with Gasteiger partial charge >= 0.3 is 11.9 Å². The maximum Gasteiger partial charge on any atom is 0.339 e. The average Bonchev–Trinajstić information content (AvgIpc) is 2.93. The van der Waals surface area contributed by atoms with E-state index in [0.717, 1.165) is 16.0 Å². The standard InChI is InChI=1S/C21H25NO5S/c1-11-7-8-16(12(2)9-11)28-10-17(23)27-15(5)20(24)19-13(3)18(14(4)22-19)21(25)26-6/h7-9,15,22H,10H2,1-6H3/t15-/m1/s1. The van der Waals surface area contributed by atoms with Crippen molar-refractivity contribution in [2.24, 2.45) is 0 Å². The Bertz CT molecular complexity index is 916. The van der Waals surface area contributed by atoms with Gasteiger partial charge in [0.05, 0.1) is 24.1 Å². The van der Waals surface area contributed by atoms with Crippen LogP contribution in [-0.4, -0.2) is 41.7 Å². The Kier molecular flexibility index (Phi) is 7.07. The number of benzene rings is 1. The fourth-order valence-electron chi connectivity index (χ4n) is 2.99. The molecule has 1 aromatic heterocycles. The van der Waals surface area contributed by atoms with Gasteiger partial charge in [-0.3, -0.25) is 9.59 Å². The number of methoxy groups -OCH3 is 1. The van der Waals surface area contributed by atoms with Crippen LogP contribution in [0.25, 0.3) is 0 Å². The van der Waals surface area contributed by atoms with Crippen LogP contribution < -0.4 is 0 Å². The van der Waals surface area contributed by atoms with E-state index in [1.807, 2.05) is 26.0 Å². The molecule has 0 saturated carbocycles. The average molecular weight is 404 g/mol. The van der Waals surface area contributed by atoms with Crippen molar-refractivity contribution < 1.29 is 23.9 Å². The Balaban J connectivity index is 2.02. The van der Waals surface area contributed by atoms with Crippen LogP contribution in [-0.2, 0) is 14.3 Å². The smallest absolute Gasteiger partial charge is 0.339 e. The maximum atomic E-state index is 12.7. The first kappa shape index (κ1) is 21.8. The van der Waals surface area contributed by atoms with E-state index in [1.54, 1.807) is 13.8 Å². The van der Waals surface area contributed by atoms with Gasteiger partial charge in [0.1, 0.15) is 0 Å². The van der Waals surface area contributed by atoms with Gasteiger partial charge in [0.2, 0.25) is 5.78 Å². The van der Waals surface area contributed by atoms with E-state index in [1.165, 1.54) is 25.8 Å². The van der Waals surface area contributed by atoms with Crippen LogP contribution in [0.2, 0.25) is 0 Å². The van der Waals surface area contributed by atoms with Gasteiger partial charge in [0, 0.05) is 10.6 Å². The van der Waals surface area contributed by atoms with Crippen LogP contribution in [0.3, 0.4) is 0 Å². The highest BCUT2D eigenvalue weighted by Gasteiger charge is 2.27. The molecule has 2 aromatic rings. The molecule has 150 valence electrons. The lowest BCUT2D eigenvalue weighted by molar-refractivity contribution is -0.143. The third kappa shape index (κ3) is 4.84. The van der Waals surface area contributed by atoms with Gasteiger partial charge in [-0.2, -0.15) is 0 Å². The summed E-state index contributed by atoms with van der Waals surface area (Å²) in [5, 5.41) is 0. The van der Waals surface area contributed by atoms with Gasteiger partial charge < -0.3 is 14.5 Å². The zero-order valence-corrected chi connectivity index (χ0v) is 17.8. The summed E-state index contributed by atoms with van der Waals surface area (Å²) < 4.78 is 10.0. The molecule has 2 rings (SSSR count). The second-order valence-corrected chi connectivity index (χ2v) is 7.69. The first-order chi connectivity index (χ1) is 13.1. The first-order valence-corrected chi connectivity index (χ1v) is 9.85. The highest BCUT2D eigenvalue weighted by Crippen LogP contribution is 2.24. The molecule has 0 amide bonds. The summed E-state index contributed by atoms with van der Waals surface area (Å²) in [6.45, 7) is 8.87. The van der Waals surface area contributed by atoms with Crippen molar-refractivity contribution in [3.8, 4) is 0 Å². The van der Waals surface area contributed by atoms with Crippen LogP contribution in [0.5, 0.6) is 0 Å². The molecule has 0 unspecified atom stereocenters. The van der Waals surface area contributed by atoms with Crippen molar-refractivity contribution in [3.05, 3.63) is 51.8 Å². The van der Waals surface area contributed by atoms with Crippen molar-refractivity contribution in [3.63, 3.8) is 0 Å². The summed E-state index contributed by atoms with van der Waals surface area (Å²) in [6.07, 6.45) is -0.963. The minimum atomic E-state index is -0.963. The molecule has 6 nitrogen and oxygen atoms in total. The van der Waals surface area contributed by atoms with E-state index in [4.69, 9.17) is 9.47 Å². The largest absolute Gasteiger partial charge is 0.465 e. The quantitative estimate of drug-likeness (QED) is 0.428. The minimum Gasteiger partial charge on any atom is -0.465 e. The minimum absolute atomic E-state index is 0.109. The second kappa shape index (κ2) is 9.10. The molecule has 0 aliphatic carbocycles. The molecule has 0 saturated heterocycles. The van der Waals surface area contributed by atoms with Crippen LogP contribution in [0.15, 0.2) is 23.1 Å². The number of carbonyl (C=O) groups is 3. The summed E-state index contributed by atoms with van der Waals surface area (Å²) >= 11 is 1.38. The molecule has 28 heavy (non-hydrogen) atoms. The van der Waals surface area contributed by atoms with Crippen LogP contribution >= 0.6 is 11.8 Å². The summed E-state index contributed by atoms with van der Waals surface area (Å²) in [5.74, 6) is -1.27. The number of H-pyrrole nitrogens is 1. The van der Waals surface area contributed by atoms with E-state index < -0.39 is 18.0 Å². The number of carbonyl (C=O) groups excluding carboxylic acids is 3. The van der Waals surface area contributed by atoms with Crippen LogP contribution in [0, 0.1) is 27.7 Å². The van der Waals surface area contributed by atoms with Crippen molar-refractivity contribution >= 4 is 29.5 Å².